The highest BCUT2D eigenvalue weighted by molar-refractivity contribution is 5.50. The number of anilines is 2. The van der Waals surface area contributed by atoms with E-state index in [0.29, 0.717) is 11.7 Å². The molecule has 100 valence electrons. The van der Waals surface area contributed by atoms with E-state index in [1.54, 1.807) is 19.0 Å². The standard InChI is InChI=1S/C12H16F3N3/c1-16-10-5-9(12(13,14)15)6-11(17-10)18(2)7-8-3-4-8/h5-6,8H,3-4,7H2,1-2H3,(H,16,17). The van der Waals surface area contributed by atoms with Crippen LogP contribution < -0.4 is 10.2 Å². The SMILES string of the molecule is CNc1cc(C(F)(F)F)cc(N(C)CC2CC2)n1. The lowest BCUT2D eigenvalue weighted by molar-refractivity contribution is -0.137. The van der Waals surface area contributed by atoms with E-state index >= 15 is 0 Å². The van der Waals surface area contributed by atoms with Gasteiger partial charge in [-0.3, -0.25) is 0 Å². The van der Waals surface area contributed by atoms with Crippen molar-refractivity contribution in [1.82, 2.24) is 4.98 Å². The van der Waals surface area contributed by atoms with E-state index < -0.39 is 11.7 Å². The van der Waals surface area contributed by atoms with Gasteiger partial charge < -0.3 is 10.2 Å². The Hall–Kier alpha value is -1.46. The first-order chi connectivity index (χ1) is 8.40. The van der Waals surface area contributed by atoms with E-state index in [1.165, 1.54) is 0 Å². The summed E-state index contributed by atoms with van der Waals surface area (Å²) < 4.78 is 38.2. The van der Waals surface area contributed by atoms with Crippen molar-refractivity contribution < 1.29 is 13.2 Å². The molecule has 6 heteroatoms. The van der Waals surface area contributed by atoms with Crippen molar-refractivity contribution in [2.45, 2.75) is 19.0 Å². The molecule has 1 saturated carbocycles. The summed E-state index contributed by atoms with van der Waals surface area (Å²) in [5.74, 6) is 1.20. The lowest BCUT2D eigenvalue weighted by Gasteiger charge is -2.20. The summed E-state index contributed by atoms with van der Waals surface area (Å²) in [6.45, 7) is 0.761. The molecule has 1 fully saturated rings. The molecule has 1 N–H and O–H groups in total. The molecule has 0 spiro atoms. The second kappa shape index (κ2) is 4.66. The van der Waals surface area contributed by atoms with Crippen molar-refractivity contribution >= 4 is 11.6 Å². The molecule has 0 unspecified atom stereocenters. The van der Waals surface area contributed by atoms with Crippen LogP contribution in [0, 0.1) is 5.92 Å². The number of halogens is 3. The average molecular weight is 259 g/mol. The highest BCUT2D eigenvalue weighted by atomic mass is 19.4. The van der Waals surface area contributed by atoms with Crippen LogP contribution in [0.4, 0.5) is 24.8 Å². The van der Waals surface area contributed by atoms with Crippen LogP contribution in [0.1, 0.15) is 18.4 Å². The van der Waals surface area contributed by atoms with Crippen molar-refractivity contribution in [3.63, 3.8) is 0 Å². The first kappa shape index (κ1) is 13.0. The molecule has 3 nitrogen and oxygen atoms in total. The lowest BCUT2D eigenvalue weighted by atomic mass is 10.2. The van der Waals surface area contributed by atoms with Crippen LogP contribution in [0.2, 0.25) is 0 Å². The van der Waals surface area contributed by atoms with E-state index in [4.69, 9.17) is 0 Å². The third-order valence-corrected chi connectivity index (χ3v) is 3.02. The molecule has 1 heterocycles. The van der Waals surface area contributed by atoms with Crippen LogP contribution in [0.25, 0.3) is 0 Å². The molecular weight excluding hydrogens is 243 g/mol. The fourth-order valence-corrected chi connectivity index (χ4v) is 1.78. The zero-order chi connectivity index (χ0) is 13.3. The van der Waals surface area contributed by atoms with Crippen molar-refractivity contribution in [3.05, 3.63) is 17.7 Å². The molecule has 2 rings (SSSR count). The normalized spacial score (nSPS) is 15.6. The Kier molecular flexibility index (Phi) is 3.36. The molecule has 1 aromatic heterocycles. The molecule has 1 aromatic rings. The predicted molar refractivity (Wildman–Crippen MR) is 64.8 cm³/mol. The van der Waals surface area contributed by atoms with Gasteiger partial charge in [0, 0.05) is 20.6 Å². The molecular formula is C12H16F3N3. The quantitative estimate of drug-likeness (QED) is 0.901. The molecule has 0 atom stereocenters. The summed E-state index contributed by atoms with van der Waals surface area (Å²) in [6, 6.07) is 2.12. The molecule has 0 aromatic carbocycles. The second-order valence-corrected chi connectivity index (χ2v) is 4.67. The number of nitrogens with zero attached hydrogens (tertiary/aromatic N) is 2. The van der Waals surface area contributed by atoms with Gasteiger partial charge in [-0.25, -0.2) is 4.98 Å². The monoisotopic (exact) mass is 259 g/mol. The largest absolute Gasteiger partial charge is 0.416 e. The van der Waals surface area contributed by atoms with Crippen molar-refractivity contribution in [2.75, 3.05) is 30.9 Å². The molecule has 0 aliphatic heterocycles. The topological polar surface area (TPSA) is 28.2 Å². The number of nitrogens with one attached hydrogen (secondary N) is 1. The third kappa shape index (κ3) is 3.05. The van der Waals surface area contributed by atoms with Crippen LogP contribution in [-0.4, -0.2) is 25.6 Å². The Morgan fingerprint density at radius 2 is 2.06 bits per heavy atom. The molecule has 1 aliphatic rings. The van der Waals surface area contributed by atoms with E-state index in [2.05, 4.69) is 10.3 Å². The molecule has 1 aliphatic carbocycles. The van der Waals surface area contributed by atoms with E-state index in [0.717, 1.165) is 31.5 Å². The summed E-state index contributed by atoms with van der Waals surface area (Å²) in [4.78, 5) is 5.95. The Bertz CT molecular complexity index is 427. The Morgan fingerprint density at radius 1 is 1.39 bits per heavy atom. The van der Waals surface area contributed by atoms with E-state index in [1.807, 2.05) is 0 Å². The Labute approximate surface area is 104 Å². The second-order valence-electron chi connectivity index (χ2n) is 4.67. The molecule has 0 radical (unpaired) electrons. The van der Waals surface area contributed by atoms with Crippen molar-refractivity contribution in [2.24, 2.45) is 5.92 Å². The highest BCUT2D eigenvalue weighted by Crippen LogP contribution is 2.34. The zero-order valence-corrected chi connectivity index (χ0v) is 10.4. The summed E-state index contributed by atoms with van der Waals surface area (Å²) in [5.41, 5.74) is -0.667. The third-order valence-electron chi connectivity index (χ3n) is 3.02. The number of aromatic nitrogens is 1. The molecule has 0 bridgehead atoms. The van der Waals surface area contributed by atoms with Gasteiger partial charge in [0.2, 0.25) is 0 Å². The van der Waals surface area contributed by atoms with Gasteiger partial charge in [-0.05, 0) is 30.9 Å². The van der Waals surface area contributed by atoms with Crippen LogP contribution in [0.3, 0.4) is 0 Å². The Morgan fingerprint density at radius 3 is 2.56 bits per heavy atom. The van der Waals surface area contributed by atoms with Crippen LogP contribution >= 0.6 is 0 Å². The van der Waals surface area contributed by atoms with Gasteiger partial charge in [0.05, 0.1) is 5.56 Å². The van der Waals surface area contributed by atoms with Gasteiger partial charge in [-0.2, -0.15) is 13.2 Å². The van der Waals surface area contributed by atoms with Gasteiger partial charge in [-0.1, -0.05) is 0 Å². The zero-order valence-electron chi connectivity index (χ0n) is 10.4. The van der Waals surface area contributed by atoms with Gasteiger partial charge in [0.1, 0.15) is 11.6 Å². The number of alkyl halides is 3. The average Bonchev–Trinajstić information content (AvgIpc) is 3.11. The fraction of sp³-hybridized carbons (Fsp3) is 0.583. The van der Waals surface area contributed by atoms with Gasteiger partial charge in [-0.15, -0.1) is 0 Å². The molecule has 18 heavy (non-hydrogen) atoms. The highest BCUT2D eigenvalue weighted by Gasteiger charge is 2.32. The van der Waals surface area contributed by atoms with Gasteiger partial charge in [0.25, 0.3) is 0 Å². The number of pyridine rings is 1. The van der Waals surface area contributed by atoms with Crippen molar-refractivity contribution in [3.8, 4) is 0 Å². The summed E-state index contributed by atoms with van der Waals surface area (Å²) in [7, 11) is 3.34. The maximum absolute atomic E-state index is 12.7. The maximum Gasteiger partial charge on any atom is 0.416 e. The lowest BCUT2D eigenvalue weighted by Crippen LogP contribution is -2.22. The Balaban J connectivity index is 2.27. The summed E-state index contributed by atoms with van der Waals surface area (Å²) in [5, 5.41) is 2.67. The van der Waals surface area contributed by atoms with E-state index in [9.17, 15) is 13.2 Å². The number of hydrogen-bond acceptors (Lipinski definition) is 3. The first-order valence-electron chi connectivity index (χ1n) is 5.88. The first-order valence-corrected chi connectivity index (χ1v) is 5.88. The summed E-state index contributed by atoms with van der Waals surface area (Å²) >= 11 is 0. The predicted octanol–water partition coefficient (Wildman–Crippen LogP) is 2.99. The van der Waals surface area contributed by atoms with E-state index in [-0.39, 0.29) is 5.82 Å². The van der Waals surface area contributed by atoms with Crippen LogP contribution in [0.15, 0.2) is 12.1 Å². The minimum atomic E-state index is -4.34. The number of hydrogen-bond donors (Lipinski definition) is 1. The van der Waals surface area contributed by atoms with Crippen molar-refractivity contribution in [1.29, 1.82) is 0 Å². The van der Waals surface area contributed by atoms with Gasteiger partial charge in [0.15, 0.2) is 0 Å². The number of rotatable bonds is 4. The maximum atomic E-state index is 12.7. The van der Waals surface area contributed by atoms with Gasteiger partial charge >= 0.3 is 6.18 Å². The minimum absolute atomic E-state index is 0.238. The smallest absolute Gasteiger partial charge is 0.373 e. The fourth-order valence-electron chi connectivity index (χ4n) is 1.78. The minimum Gasteiger partial charge on any atom is -0.373 e. The summed E-state index contributed by atoms with van der Waals surface area (Å²) in [6.07, 6.45) is -2.03. The molecule has 0 amide bonds. The molecule has 0 saturated heterocycles. The van der Waals surface area contributed by atoms with Crippen LogP contribution in [-0.2, 0) is 6.18 Å². The van der Waals surface area contributed by atoms with Crippen LogP contribution in [0.5, 0.6) is 0 Å².